The zero-order valence-electron chi connectivity index (χ0n) is 10.4. The molecule has 2 aromatic heterocycles. The van der Waals surface area contributed by atoms with Gasteiger partial charge in [0.05, 0.1) is 5.38 Å². The third kappa shape index (κ3) is 4.62. The predicted octanol–water partition coefficient (Wildman–Crippen LogP) is -0.949. The molecule has 110 valence electrons. The lowest BCUT2D eigenvalue weighted by atomic mass is 10.2. The van der Waals surface area contributed by atoms with E-state index in [-0.39, 0.29) is 0 Å². The van der Waals surface area contributed by atoms with Crippen molar-refractivity contribution in [2.45, 2.75) is 0 Å². The lowest BCUT2D eigenvalue weighted by Gasteiger charge is -2.17. The fourth-order valence-electron chi connectivity index (χ4n) is 1.75. The van der Waals surface area contributed by atoms with Crippen molar-refractivity contribution in [1.82, 2.24) is 0 Å². The van der Waals surface area contributed by atoms with Crippen molar-refractivity contribution in [2.75, 3.05) is 0 Å². The van der Waals surface area contributed by atoms with Crippen molar-refractivity contribution in [2.24, 2.45) is 0 Å². The average Bonchev–Trinajstić information content (AvgIpc) is 2.83. The Bertz CT molecular complexity index is 722. The zero-order valence-corrected chi connectivity index (χ0v) is 12.8. The molecule has 3 rings (SSSR count). The van der Waals surface area contributed by atoms with E-state index in [2.05, 4.69) is 21.9 Å². The summed E-state index contributed by atoms with van der Waals surface area (Å²) in [6.45, 7) is 0. The van der Waals surface area contributed by atoms with Crippen LogP contribution in [0.2, 0.25) is 5.02 Å². The van der Waals surface area contributed by atoms with Gasteiger partial charge < -0.3 is 0 Å². The van der Waals surface area contributed by atoms with E-state index in [1.54, 1.807) is 11.3 Å². The molecule has 0 saturated heterocycles. The highest BCUT2D eigenvalue weighted by Gasteiger charge is 2.16. The Morgan fingerprint density at radius 1 is 0.952 bits per heavy atom. The Balaban J connectivity index is 0.000000282. The van der Waals surface area contributed by atoms with Crippen LogP contribution in [0.1, 0.15) is 0 Å². The van der Waals surface area contributed by atoms with Crippen LogP contribution < -0.4 is 23.0 Å². The number of hydrogen-bond donors (Lipinski definition) is 0. The Hall–Kier alpha value is -1.25. The van der Waals surface area contributed by atoms with Crippen molar-refractivity contribution >= 4 is 27.8 Å². The van der Waals surface area contributed by atoms with Crippen LogP contribution in [0.3, 0.4) is 0 Å². The van der Waals surface area contributed by atoms with E-state index in [0.29, 0.717) is 0 Å². The quantitative estimate of drug-likeness (QED) is 0.531. The topological polar surface area (TPSA) is 96.3 Å². The molecule has 0 aliphatic heterocycles. The summed E-state index contributed by atoms with van der Waals surface area (Å²) in [5, 5.41) is 2.94. The van der Waals surface area contributed by atoms with Crippen LogP contribution in [-0.4, -0.2) is 0 Å². The van der Waals surface area contributed by atoms with Gasteiger partial charge in [-0.15, -0.1) is 14.6 Å². The SMILES string of the molecule is Clc1ccc[n+]2c(-c3ccccc3)csc12.[O-][Cl+3]([O-])([O-])[O-]. The number of nitrogens with zero attached hydrogens (tertiary/aromatic N) is 1. The van der Waals surface area contributed by atoms with E-state index in [9.17, 15) is 0 Å². The summed E-state index contributed by atoms with van der Waals surface area (Å²) in [5.41, 5.74) is 2.39. The van der Waals surface area contributed by atoms with Crippen LogP contribution in [0.25, 0.3) is 16.1 Å². The van der Waals surface area contributed by atoms with Crippen LogP contribution in [0, 0.1) is 10.2 Å². The number of aromatic nitrogens is 1. The van der Waals surface area contributed by atoms with E-state index in [4.69, 9.17) is 30.2 Å². The van der Waals surface area contributed by atoms with Gasteiger partial charge in [0, 0.05) is 11.6 Å². The zero-order chi connectivity index (χ0) is 15.5. The standard InChI is InChI=1S/C13H9ClNS.ClHO4/c14-11-7-4-8-15-12(9-16-13(11)15)10-5-2-1-3-6-10;2-1(3,4)5/h1-9H;(H,2,3,4,5)/q+1;/p-1. The monoisotopic (exact) mass is 345 g/mol. The molecule has 5 nitrogen and oxygen atoms in total. The Morgan fingerprint density at radius 2 is 1.57 bits per heavy atom. The van der Waals surface area contributed by atoms with Crippen molar-refractivity contribution in [3.8, 4) is 11.3 Å². The Labute approximate surface area is 131 Å². The van der Waals surface area contributed by atoms with E-state index in [1.807, 2.05) is 36.5 Å². The van der Waals surface area contributed by atoms with Gasteiger partial charge in [-0.1, -0.05) is 41.1 Å². The number of halogens is 2. The highest BCUT2D eigenvalue weighted by atomic mass is 35.7. The fraction of sp³-hybridized carbons (Fsp3) is 0. The van der Waals surface area contributed by atoms with Crippen molar-refractivity contribution in [3.63, 3.8) is 0 Å². The van der Waals surface area contributed by atoms with E-state index in [1.165, 1.54) is 11.3 Å². The van der Waals surface area contributed by atoms with Crippen molar-refractivity contribution in [1.29, 1.82) is 0 Å². The van der Waals surface area contributed by atoms with E-state index >= 15 is 0 Å². The van der Waals surface area contributed by atoms with Crippen LogP contribution in [0.5, 0.6) is 0 Å². The minimum atomic E-state index is -4.94. The number of rotatable bonds is 1. The lowest BCUT2D eigenvalue weighted by molar-refractivity contribution is -2.00. The normalized spacial score (nSPS) is 11.1. The molecule has 0 aliphatic carbocycles. The summed E-state index contributed by atoms with van der Waals surface area (Å²) in [6.07, 6.45) is 2.04. The second kappa shape index (κ2) is 6.67. The highest BCUT2D eigenvalue weighted by molar-refractivity contribution is 7.15. The number of thiazole rings is 1. The maximum Gasteiger partial charge on any atom is 0.286 e. The first-order chi connectivity index (χ1) is 9.86. The summed E-state index contributed by atoms with van der Waals surface area (Å²) in [6, 6.07) is 14.2. The van der Waals surface area contributed by atoms with Gasteiger partial charge in [-0.2, -0.15) is 0 Å². The summed E-state index contributed by atoms with van der Waals surface area (Å²) in [4.78, 5) is 1.09. The molecule has 1 aromatic carbocycles. The Morgan fingerprint density at radius 3 is 2.19 bits per heavy atom. The van der Waals surface area contributed by atoms with Crippen LogP contribution in [0.15, 0.2) is 54.0 Å². The molecule has 0 unspecified atom stereocenters. The molecule has 0 radical (unpaired) electrons. The van der Waals surface area contributed by atoms with Gasteiger partial charge in [0.1, 0.15) is 5.02 Å². The van der Waals surface area contributed by atoms with Gasteiger partial charge in [-0.05, 0) is 18.2 Å². The molecule has 2 heterocycles. The minimum absolute atomic E-state index is 0.801. The molecule has 0 amide bonds. The number of fused-ring (bicyclic) bond motifs is 1. The van der Waals surface area contributed by atoms with E-state index < -0.39 is 10.2 Å². The Kier molecular flexibility index (Phi) is 5.13. The molecule has 0 saturated carbocycles. The van der Waals surface area contributed by atoms with Crippen LogP contribution in [0.4, 0.5) is 0 Å². The molecule has 0 N–H and O–H groups in total. The molecule has 21 heavy (non-hydrogen) atoms. The first kappa shape index (κ1) is 16.1. The van der Waals surface area contributed by atoms with Gasteiger partial charge in [0.2, 0.25) is 5.69 Å². The molecule has 0 fully saturated rings. The lowest BCUT2D eigenvalue weighted by Crippen LogP contribution is -2.68. The summed E-state index contributed by atoms with van der Waals surface area (Å²) < 4.78 is 36.1. The summed E-state index contributed by atoms with van der Waals surface area (Å²) in [7, 11) is -4.94. The molecule has 0 aliphatic rings. The first-order valence-electron chi connectivity index (χ1n) is 5.61. The van der Waals surface area contributed by atoms with Gasteiger partial charge >= 0.3 is 0 Å². The minimum Gasteiger partial charge on any atom is -0.222 e. The third-order valence-corrected chi connectivity index (χ3v) is 3.91. The van der Waals surface area contributed by atoms with Gasteiger partial charge in [-0.25, -0.2) is 18.6 Å². The molecular weight excluding hydrogens is 337 g/mol. The molecule has 0 atom stereocenters. The smallest absolute Gasteiger partial charge is 0.222 e. The van der Waals surface area contributed by atoms with Gasteiger partial charge in [0.25, 0.3) is 4.83 Å². The largest absolute Gasteiger partial charge is 0.286 e. The maximum absolute atomic E-state index is 8.49. The van der Waals surface area contributed by atoms with Crippen molar-refractivity contribution in [3.05, 3.63) is 59.1 Å². The molecule has 0 spiro atoms. The molecule has 3 aromatic rings. The number of pyridine rings is 1. The average molecular weight is 346 g/mol. The second-order valence-electron chi connectivity index (χ2n) is 3.90. The molecule has 8 heteroatoms. The first-order valence-corrected chi connectivity index (χ1v) is 8.10. The van der Waals surface area contributed by atoms with E-state index in [0.717, 1.165) is 9.85 Å². The summed E-state index contributed by atoms with van der Waals surface area (Å²) in [5.74, 6) is 0. The van der Waals surface area contributed by atoms with Crippen LogP contribution >= 0.6 is 22.9 Å². The summed E-state index contributed by atoms with van der Waals surface area (Å²) >= 11 is 7.81. The van der Waals surface area contributed by atoms with Gasteiger partial charge in [0.15, 0.2) is 6.20 Å². The number of hydrogen-bond acceptors (Lipinski definition) is 5. The maximum atomic E-state index is 8.49. The van der Waals surface area contributed by atoms with Crippen molar-refractivity contribution < 1.29 is 33.3 Å². The van der Waals surface area contributed by atoms with Gasteiger partial charge in [-0.3, -0.25) is 0 Å². The molecule has 0 bridgehead atoms. The third-order valence-electron chi connectivity index (χ3n) is 2.51. The highest BCUT2D eigenvalue weighted by Crippen LogP contribution is 2.24. The van der Waals surface area contributed by atoms with Crippen LogP contribution in [-0.2, 0) is 0 Å². The fourth-order valence-corrected chi connectivity index (χ4v) is 2.98. The predicted molar refractivity (Wildman–Crippen MR) is 67.9 cm³/mol. The number of benzene rings is 1. The molecular formula is C13H9Cl2NO4S. The second-order valence-corrected chi connectivity index (χ2v) is 5.92.